The van der Waals surface area contributed by atoms with Crippen molar-refractivity contribution < 1.29 is 14.3 Å². The second kappa shape index (κ2) is 5.27. The van der Waals surface area contributed by atoms with E-state index in [4.69, 9.17) is 4.42 Å². The highest BCUT2D eigenvalue weighted by atomic mass is 16.4. The number of fused-ring (bicyclic) bond motifs is 1. The molecule has 2 N–H and O–H groups in total. The maximum atomic E-state index is 11.5. The minimum Gasteiger partial charge on any atom is -0.408 e. The molecule has 19 heavy (non-hydrogen) atoms. The lowest BCUT2D eigenvalue weighted by Gasteiger charge is -2.18. The van der Waals surface area contributed by atoms with Crippen LogP contribution in [-0.4, -0.2) is 40.6 Å². The number of amides is 1. The van der Waals surface area contributed by atoms with Crippen LogP contribution in [0.2, 0.25) is 0 Å². The Morgan fingerprint density at radius 2 is 2.26 bits per heavy atom. The van der Waals surface area contributed by atoms with Crippen LogP contribution in [0.1, 0.15) is 12.5 Å². The first-order valence-electron chi connectivity index (χ1n) is 6.02. The van der Waals surface area contributed by atoms with Gasteiger partial charge < -0.3 is 14.4 Å². The van der Waals surface area contributed by atoms with Gasteiger partial charge in [-0.05, 0) is 31.0 Å². The Kier molecular flexibility index (Phi) is 3.71. The van der Waals surface area contributed by atoms with E-state index in [2.05, 4.69) is 4.98 Å². The van der Waals surface area contributed by atoms with Crippen molar-refractivity contribution in [3.63, 3.8) is 0 Å². The first-order valence-corrected chi connectivity index (χ1v) is 6.02. The number of aliphatic hydroxyl groups is 1. The standard InChI is InChI=1S/C13H16N2O4/c1-8(16)12(17)15(2)6-5-9-3-4-10-11(7-9)19-13(18)14-10/h3-4,7-8,16H,5-6H2,1-2H3,(H,14,18). The monoisotopic (exact) mass is 264 g/mol. The highest BCUT2D eigenvalue weighted by molar-refractivity contribution is 5.80. The zero-order valence-electron chi connectivity index (χ0n) is 10.8. The normalized spacial score (nSPS) is 12.6. The van der Waals surface area contributed by atoms with Crippen LogP contribution in [0, 0.1) is 0 Å². The van der Waals surface area contributed by atoms with E-state index >= 15 is 0 Å². The number of oxazole rings is 1. The second-order valence-electron chi connectivity index (χ2n) is 4.53. The number of carbonyl (C=O) groups is 1. The quantitative estimate of drug-likeness (QED) is 0.842. The Bertz CT molecular complexity index is 641. The van der Waals surface area contributed by atoms with Crippen molar-refractivity contribution in [2.75, 3.05) is 13.6 Å². The molecule has 6 nitrogen and oxygen atoms in total. The van der Waals surface area contributed by atoms with Crippen LogP contribution in [0.5, 0.6) is 0 Å². The molecule has 1 heterocycles. The zero-order chi connectivity index (χ0) is 14.0. The fourth-order valence-electron chi connectivity index (χ4n) is 1.87. The van der Waals surface area contributed by atoms with Crippen molar-refractivity contribution in [2.45, 2.75) is 19.4 Å². The fraction of sp³-hybridized carbons (Fsp3) is 0.385. The second-order valence-corrected chi connectivity index (χ2v) is 4.53. The number of likely N-dealkylation sites (N-methyl/N-ethyl adjacent to an activating group) is 1. The molecule has 0 spiro atoms. The van der Waals surface area contributed by atoms with Gasteiger partial charge in [0, 0.05) is 13.6 Å². The summed E-state index contributed by atoms with van der Waals surface area (Å²) in [5.41, 5.74) is 2.12. The largest absolute Gasteiger partial charge is 0.417 e. The SMILES string of the molecule is CC(O)C(=O)N(C)CCc1ccc2[nH]c(=O)oc2c1. The zero-order valence-corrected chi connectivity index (χ0v) is 10.8. The highest BCUT2D eigenvalue weighted by Crippen LogP contribution is 2.13. The molecule has 1 aromatic heterocycles. The van der Waals surface area contributed by atoms with E-state index in [1.807, 2.05) is 6.07 Å². The minimum atomic E-state index is -0.991. The first kappa shape index (κ1) is 13.4. The number of hydrogen-bond donors (Lipinski definition) is 2. The van der Waals surface area contributed by atoms with Crippen LogP contribution in [-0.2, 0) is 11.2 Å². The molecule has 1 amide bonds. The number of nitrogens with zero attached hydrogens (tertiary/aromatic N) is 1. The van der Waals surface area contributed by atoms with E-state index in [-0.39, 0.29) is 5.91 Å². The Labute approximate surface area is 109 Å². The first-order chi connectivity index (χ1) is 8.97. The van der Waals surface area contributed by atoms with Gasteiger partial charge in [0.1, 0.15) is 6.10 Å². The number of H-pyrrole nitrogens is 1. The van der Waals surface area contributed by atoms with E-state index in [0.29, 0.717) is 24.1 Å². The predicted molar refractivity (Wildman–Crippen MR) is 69.9 cm³/mol. The number of benzene rings is 1. The molecule has 2 aromatic rings. The summed E-state index contributed by atoms with van der Waals surface area (Å²) < 4.78 is 4.97. The molecule has 1 aromatic carbocycles. The molecule has 0 fully saturated rings. The molecule has 102 valence electrons. The van der Waals surface area contributed by atoms with Gasteiger partial charge in [-0.1, -0.05) is 6.07 Å². The smallest absolute Gasteiger partial charge is 0.408 e. The number of carbonyl (C=O) groups excluding carboxylic acids is 1. The molecule has 0 bridgehead atoms. The van der Waals surface area contributed by atoms with E-state index in [1.165, 1.54) is 11.8 Å². The minimum absolute atomic E-state index is 0.311. The summed E-state index contributed by atoms with van der Waals surface area (Å²) in [5.74, 6) is -0.789. The summed E-state index contributed by atoms with van der Waals surface area (Å²) in [6.45, 7) is 1.93. The van der Waals surface area contributed by atoms with Gasteiger partial charge in [-0.2, -0.15) is 0 Å². The van der Waals surface area contributed by atoms with Gasteiger partial charge in [0.25, 0.3) is 5.91 Å². The predicted octanol–water partition coefficient (Wildman–Crippen LogP) is 0.503. The van der Waals surface area contributed by atoms with Crippen LogP contribution in [0.3, 0.4) is 0 Å². The average molecular weight is 264 g/mol. The van der Waals surface area contributed by atoms with Gasteiger partial charge in [-0.3, -0.25) is 9.78 Å². The van der Waals surface area contributed by atoms with Crippen LogP contribution in [0.25, 0.3) is 11.1 Å². The Balaban J connectivity index is 2.05. The lowest BCUT2D eigenvalue weighted by molar-refractivity contribution is -0.137. The summed E-state index contributed by atoms with van der Waals surface area (Å²) in [6, 6.07) is 5.41. The molecule has 0 aliphatic rings. The number of nitrogens with one attached hydrogen (secondary N) is 1. The molecule has 0 saturated heterocycles. The summed E-state index contributed by atoms with van der Waals surface area (Å²) in [4.78, 5) is 26.6. The van der Waals surface area contributed by atoms with Crippen molar-refractivity contribution in [1.29, 1.82) is 0 Å². The summed E-state index contributed by atoms with van der Waals surface area (Å²) in [7, 11) is 1.64. The number of aromatic nitrogens is 1. The van der Waals surface area contributed by atoms with E-state index in [0.717, 1.165) is 5.56 Å². The number of aliphatic hydroxyl groups excluding tert-OH is 1. The van der Waals surface area contributed by atoms with Crippen LogP contribution >= 0.6 is 0 Å². The third kappa shape index (κ3) is 3.03. The van der Waals surface area contributed by atoms with Crippen LogP contribution < -0.4 is 5.76 Å². The van der Waals surface area contributed by atoms with Crippen molar-refractivity contribution in [1.82, 2.24) is 9.88 Å². The van der Waals surface area contributed by atoms with Gasteiger partial charge in [0.05, 0.1) is 5.52 Å². The number of hydrogen-bond acceptors (Lipinski definition) is 4. The van der Waals surface area contributed by atoms with Gasteiger partial charge >= 0.3 is 5.76 Å². The molecular weight excluding hydrogens is 248 g/mol. The third-order valence-electron chi connectivity index (χ3n) is 2.95. The summed E-state index contributed by atoms with van der Waals surface area (Å²) in [5, 5.41) is 9.19. The molecule has 0 aliphatic heterocycles. The van der Waals surface area contributed by atoms with Crippen molar-refractivity contribution in [2.24, 2.45) is 0 Å². The van der Waals surface area contributed by atoms with E-state index in [9.17, 15) is 14.7 Å². The van der Waals surface area contributed by atoms with Crippen molar-refractivity contribution in [3.05, 3.63) is 34.3 Å². The van der Waals surface area contributed by atoms with E-state index in [1.54, 1.807) is 19.2 Å². The molecule has 0 saturated carbocycles. The van der Waals surface area contributed by atoms with Crippen molar-refractivity contribution in [3.8, 4) is 0 Å². The fourth-order valence-corrected chi connectivity index (χ4v) is 1.87. The topological polar surface area (TPSA) is 86.5 Å². The number of rotatable bonds is 4. The Morgan fingerprint density at radius 3 is 2.95 bits per heavy atom. The van der Waals surface area contributed by atoms with Crippen LogP contribution in [0.4, 0.5) is 0 Å². The molecule has 0 radical (unpaired) electrons. The molecule has 1 unspecified atom stereocenters. The third-order valence-corrected chi connectivity index (χ3v) is 2.95. The Morgan fingerprint density at radius 1 is 1.53 bits per heavy atom. The average Bonchev–Trinajstić information content (AvgIpc) is 2.74. The maximum Gasteiger partial charge on any atom is 0.417 e. The maximum absolute atomic E-state index is 11.5. The summed E-state index contributed by atoms with van der Waals surface area (Å²) in [6.07, 6.45) is -0.366. The molecule has 0 aliphatic carbocycles. The van der Waals surface area contributed by atoms with Gasteiger partial charge in [-0.15, -0.1) is 0 Å². The van der Waals surface area contributed by atoms with Gasteiger partial charge in [-0.25, -0.2) is 4.79 Å². The summed E-state index contributed by atoms with van der Waals surface area (Å²) >= 11 is 0. The lowest BCUT2D eigenvalue weighted by Crippen LogP contribution is -2.35. The Hall–Kier alpha value is -2.08. The lowest BCUT2D eigenvalue weighted by atomic mass is 10.1. The van der Waals surface area contributed by atoms with Gasteiger partial charge in [0.2, 0.25) is 0 Å². The van der Waals surface area contributed by atoms with Gasteiger partial charge in [0.15, 0.2) is 5.58 Å². The number of aromatic amines is 1. The molecule has 1 atom stereocenters. The highest BCUT2D eigenvalue weighted by Gasteiger charge is 2.14. The van der Waals surface area contributed by atoms with Crippen LogP contribution in [0.15, 0.2) is 27.4 Å². The van der Waals surface area contributed by atoms with Crippen molar-refractivity contribution >= 4 is 17.0 Å². The molecular formula is C13H16N2O4. The molecule has 2 rings (SSSR count). The molecule has 6 heteroatoms. The van der Waals surface area contributed by atoms with E-state index < -0.39 is 11.9 Å².